The first-order chi connectivity index (χ1) is 6.75. The fourth-order valence-electron chi connectivity index (χ4n) is 1.94. The van der Waals surface area contributed by atoms with Gasteiger partial charge >= 0.3 is 0 Å². The molecule has 2 aromatic rings. The molecule has 1 aliphatic rings. The molecule has 1 saturated carbocycles. The molecule has 2 heterocycles. The van der Waals surface area contributed by atoms with Gasteiger partial charge in [0, 0.05) is 5.69 Å². The Balaban J connectivity index is 2.37. The number of aryl methyl sites for hydroxylation is 1. The molecule has 14 heavy (non-hydrogen) atoms. The highest BCUT2D eigenvalue weighted by Crippen LogP contribution is 2.44. The summed E-state index contributed by atoms with van der Waals surface area (Å²) < 4.78 is 5.31. The van der Waals surface area contributed by atoms with E-state index in [-0.39, 0.29) is 0 Å². The third kappa shape index (κ3) is 1.02. The summed E-state index contributed by atoms with van der Waals surface area (Å²) in [5.74, 6) is 0.680. The lowest BCUT2D eigenvalue weighted by Crippen LogP contribution is -1.90. The lowest BCUT2D eigenvalue weighted by atomic mass is 10.1. The minimum atomic E-state index is 0.680. The quantitative estimate of drug-likeness (QED) is 0.748. The predicted octanol–water partition coefficient (Wildman–Crippen LogP) is 2.60. The van der Waals surface area contributed by atoms with Gasteiger partial charge in [0.1, 0.15) is 6.26 Å². The van der Waals surface area contributed by atoms with Crippen molar-refractivity contribution >= 4 is 16.8 Å². The van der Waals surface area contributed by atoms with E-state index in [4.69, 9.17) is 10.2 Å². The van der Waals surface area contributed by atoms with Crippen LogP contribution < -0.4 is 5.73 Å². The van der Waals surface area contributed by atoms with Crippen LogP contribution in [0.5, 0.6) is 0 Å². The third-order valence-electron chi connectivity index (χ3n) is 2.75. The monoisotopic (exact) mass is 188 g/mol. The van der Waals surface area contributed by atoms with Crippen LogP contribution in [0.4, 0.5) is 5.69 Å². The maximum Gasteiger partial charge on any atom is 0.228 e. The SMILES string of the molecule is Cc1cc(C2CC2)c2c(N)coc2n1. The Morgan fingerprint density at radius 1 is 1.50 bits per heavy atom. The van der Waals surface area contributed by atoms with Crippen LogP contribution in [0.1, 0.15) is 30.0 Å². The van der Waals surface area contributed by atoms with Crippen LogP contribution in [0.15, 0.2) is 16.7 Å². The van der Waals surface area contributed by atoms with Crippen molar-refractivity contribution in [1.29, 1.82) is 0 Å². The number of hydrogen-bond acceptors (Lipinski definition) is 3. The molecule has 0 aromatic carbocycles. The van der Waals surface area contributed by atoms with Gasteiger partial charge < -0.3 is 10.2 Å². The molecule has 3 rings (SSSR count). The van der Waals surface area contributed by atoms with E-state index < -0.39 is 0 Å². The summed E-state index contributed by atoms with van der Waals surface area (Å²) >= 11 is 0. The standard InChI is InChI=1S/C11H12N2O/c1-6-4-8(7-2-3-7)10-9(12)5-14-11(10)13-6/h4-5,7H,2-3,12H2,1H3. The summed E-state index contributed by atoms with van der Waals surface area (Å²) in [6.07, 6.45) is 4.12. The maximum atomic E-state index is 5.86. The van der Waals surface area contributed by atoms with Crippen molar-refractivity contribution in [2.75, 3.05) is 5.73 Å². The summed E-state index contributed by atoms with van der Waals surface area (Å²) in [6.45, 7) is 1.99. The molecular weight excluding hydrogens is 176 g/mol. The maximum absolute atomic E-state index is 5.86. The molecule has 0 bridgehead atoms. The van der Waals surface area contributed by atoms with E-state index >= 15 is 0 Å². The molecule has 2 N–H and O–H groups in total. The zero-order valence-corrected chi connectivity index (χ0v) is 8.08. The van der Waals surface area contributed by atoms with Crippen molar-refractivity contribution in [3.05, 3.63) is 23.6 Å². The Labute approximate surface area is 81.9 Å². The van der Waals surface area contributed by atoms with Gasteiger partial charge in [0.15, 0.2) is 0 Å². The number of nitrogen functional groups attached to an aromatic ring is 1. The molecule has 3 nitrogen and oxygen atoms in total. The number of furan rings is 1. The van der Waals surface area contributed by atoms with Gasteiger partial charge in [0.25, 0.3) is 0 Å². The van der Waals surface area contributed by atoms with E-state index in [2.05, 4.69) is 11.1 Å². The number of fused-ring (bicyclic) bond motifs is 1. The lowest BCUT2D eigenvalue weighted by Gasteiger charge is -2.02. The van der Waals surface area contributed by atoms with Crippen LogP contribution in [-0.4, -0.2) is 4.98 Å². The Kier molecular flexibility index (Phi) is 1.40. The number of nitrogens with zero attached hydrogens (tertiary/aromatic N) is 1. The molecule has 0 spiro atoms. The zero-order valence-electron chi connectivity index (χ0n) is 8.08. The molecule has 72 valence electrons. The molecule has 0 unspecified atom stereocenters. The van der Waals surface area contributed by atoms with E-state index in [1.807, 2.05) is 6.92 Å². The summed E-state index contributed by atoms with van der Waals surface area (Å²) in [6, 6.07) is 2.13. The average molecular weight is 188 g/mol. The minimum Gasteiger partial charge on any atom is -0.444 e. The van der Waals surface area contributed by atoms with Crippen LogP contribution in [0.25, 0.3) is 11.1 Å². The number of rotatable bonds is 1. The van der Waals surface area contributed by atoms with Crippen molar-refractivity contribution in [1.82, 2.24) is 4.98 Å². The number of aromatic nitrogens is 1. The summed E-state index contributed by atoms with van der Waals surface area (Å²) in [5, 5.41) is 1.03. The Bertz CT molecular complexity index is 497. The van der Waals surface area contributed by atoms with E-state index in [9.17, 15) is 0 Å². The van der Waals surface area contributed by atoms with E-state index in [0.29, 0.717) is 11.6 Å². The van der Waals surface area contributed by atoms with Crippen molar-refractivity contribution < 1.29 is 4.42 Å². The Morgan fingerprint density at radius 3 is 3.00 bits per heavy atom. The first-order valence-corrected chi connectivity index (χ1v) is 4.90. The molecule has 1 fully saturated rings. The third-order valence-corrected chi connectivity index (χ3v) is 2.75. The summed E-state index contributed by atoms with van der Waals surface area (Å²) in [7, 11) is 0. The van der Waals surface area contributed by atoms with Gasteiger partial charge in [-0.2, -0.15) is 0 Å². The minimum absolute atomic E-state index is 0.680. The van der Waals surface area contributed by atoms with Crippen molar-refractivity contribution in [2.45, 2.75) is 25.7 Å². The molecule has 0 saturated heterocycles. The van der Waals surface area contributed by atoms with E-state index in [1.54, 1.807) is 6.26 Å². The molecule has 2 aromatic heterocycles. The van der Waals surface area contributed by atoms with Gasteiger partial charge in [-0.15, -0.1) is 0 Å². The smallest absolute Gasteiger partial charge is 0.228 e. The average Bonchev–Trinajstić information content (AvgIpc) is 2.92. The van der Waals surface area contributed by atoms with Gasteiger partial charge in [-0.25, -0.2) is 4.98 Å². The summed E-state index contributed by atoms with van der Waals surface area (Å²) in [5.41, 5.74) is 9.59. The number of nitrogens with two attached hydrogens (primary N) is 1. The van der Waals surface area contributed by atoms with Gasteiger partial charge in [-0.05, 0) is 37.3 Å². The van der Waals surface area contributed by atoms with Gasteiger partial charge in [-0.1, -0.05) is 0 Å². The Hall–Kier alpha value is -1.51. The number of anilines is 1. The van der Waals surface area contributed by atoms with Crippen LogP contribution in [0, 0.1) is 6.92 Å². The molecule has 0 aliphatic heterocycles. The fraction of sp³-hybridized carbons (Fsp3) is 0.364. The Morgan fingerprint density at radius 2 is 2.29 bits per heavy atom. The van der Waals surface area contributed by atoms with Crippen molar-refractivity contribution in [3.8, 4) is 0 Å². The van der Waals surface area contributed by atoms with Gasteiger partial charge in [-0.3, -0.25) is 0 Å². The normalized spacial score (nSPS) is 16.4. The highest BCUT2D eigenvalue weighted by atomic mass is 16.3. The second-order valence-corrected chi connectivity index (χ2v) is 4.00. The van der Waals surface area contributed by atoms with Gasteiger partial charge in [0.2, 0.25) is 5.71 Å². The topological polar surface area (TPSA) is 52.0 Å². The van der Waals surface area contributed by atoms with Crippen LogP contribution in [-0.2, 0) is 0 Å². The van der Waals surface area contributed by atoms with Crippen LogP contribution in [0.2, 0.25) is 0 Å². The molecule has 0 amide bonds. The second kappa shape index (κ2) is 2.50. The largest absolute Gasteiger partial charge is 0.444 e. The lowest BCUT2D eigenvalue weighted by molar-refractivity contribution is 0.603. The van der Waals surface area contributed by atoms with Crippen molar-refractivity contribution in [3.63, 3.8) is 0 Å². The first kappa shape index (κ1) is 7.85. The van der Waals surface area contributed by atoms with Crippen LogP contribution >= 0.6 is 0 Å². The van der Waals surface area contributed by atoms with Gasteiger partial charge in [0.05, 0.1) is 11.1 Å². The number of pyridine rings is 1. The molecule has 0 radical (unpaired) electrons. The fourth-order valence-corrected chi connectivity index (χ4v) is 1.94. The predicted molar refractivity (Wildman–Crippen MR) is 55.1 cm³/mol. The zero-order chi connectivity index (χ0) is 9.71. The highest BCUT2D eigenvalue weighted by molar-refractivity contribution is 5.90. The van der Waals surface area contributed by atoms with Crippen molar-refractivity contribution in [2.24, 2.45) is 0 Å². The molecule has 0 atom stereocenters. The highest BCUT2D eigenvalue weighted by Gasteiger charge is 2.27. The number of hydrogen-bond donors (Lipinski definition) is 1. The molecule has 3 heteroatoms. The summed E-state index contributed by atoms with van der Waals surface area (Å²) in [4.78, 5) is 4.32. The van der Waals surface area contributed by atoms with E-state index in [1.165, 1.54) is 18.4 Å². The second-order valence-electron chi connectivity index (χ2n) is 4.00. The first-order valence-electron chi connectivity index (χ1n) is 4.90. The molecular formula is C11H12N2O. The van der Waals surface area contributed by atoms with Crippen LogP contribution in [0.3, 0.4) is 0 Å². The van der Waals surface area contributed by atoms with E-state index in [0.717, 1.165) is 16.8 Å². The molecule has 1 aliphatic carbocycles.